The lowest BCUT2D eigenvalue weighted by molar-refractivity contribution is 0.426. The summed E-state index contributed by atoms with van der Waals surface area (Å²) in [5.41, 5.74) is 0. The Hall–Kier alpha value is -0.130. The average molecular weight is 218 g/mol. The summed E-state index contributed by atoms with van der Waals surface area (Å²) in [4.78, 5) is 0. The molecule has 0 spiro atoms. The predicted octanol–water partition coefficient (Wildman–Crippen LogP) is 0.0678. The molecule has 5 heteroatoms. The van der Waals surface area contributed by atoms with Gasteiger partial charge in [-0.25, -0.2) is 13.1 Å². The average Bonchev–Trinajstić information content (AvgIpc) is 2.88. The summed E-state index contributed by atoms with van der Waals surface area (Å²) in [6, 6.07) is 0.167. The van der Waals surface area contributed by atoms with Crippen molar-refractivity contribution in [2.45, 2.75) is 31.7 Å². The second kappa shape index (κ2) is 4.16. The molecule has 0 bridgehead atoms. The molecule has 1 saturated carbocycles. The van der Waals surface area contributed by atoms with Crippen molar-refractivity contribution in [2.24, 2.45) is 5.92 Å². The van der Waals surface area contributed by atoms with Crippen LogP contribution in [0.15, 0.2) is 0 Å². The number of hydrogen-bond acceptors (Lipinski definition) is 3. The largest absolute Gasteiger partial charge is 0.317 e. The maximum atomic E-state index is 11.6. The summed E-state index contributed by atoms with van der Waals surface area (Å²) in [5.74, 6) is 0.783. The van der Waals surface area contributed by atoms with E-state index >= 15 is 0 Å². The quantitative estimate of drug-likeness (QED) is 0.702. The molecule has 0 amide bonds. The van der Waals surface area contributed by atoms with Crippen LogP contribution in [-0.4, -0.2) is 33.3 Å². The van der Waals surface area contributed by atoms with Crippen LogP contribution in [0.5, 0.6) is 0 Å². The first-order valence-corrected chi connectivity index (χ1v) is 7.02. The summed E-state index contributed by atoms with van der Waals surface area (Å²) < 4.78 is 26.0. The molecule has 4 nitrogen and oxygen atoms in total. The Morgan fingerprint density at radius 2 is 1.79 bits per heavy atom. The highest BCUT2D eigenvalue weighted by Gasteiger charge is 2.29. The van der Waals surface area contributed by atoms with Crippen LogP contribution in [0.1, 0.15) is 25.7 Å². The van der Waals surface area contributed by atoms with Gasteiger partial charge >= 0.3 is 0 Å². The predicted molar refractivity (Wildman–Crippen MR) is 55.5 cm³/mol. The zero-order valence-corrected chi connectivity index (χ0v) is 9.15. The molecule has 14 heavy (non-hydrogen) atoms. The van der Waals surface area contributed by atoms with E-state index < -0.39 is 10.0 Å². The Kier molecular flexibility index (Phi) is 3.09. The molecule has 0 aromatic carbocycles. The van der Waals surface area contributed by atoms with Crippen molar-refractivity contribution >= 4 is 10.0 Å². The minimum Gasteiger partial charge on any atom is -0.317 e. The first-order valence-electron chi connectivity index (χ1n) is 5.36. The van der Waals surface area contributed by atoms with Crippen molar-refractivity contribution in [3.05, 3.63) is 0 Å². The molecule has 1 saturated heterocycles. The number of rotatable bonds is 4. The van der Waals surface area contributed by atoms with Crippen molar-refractivity contribution in [3.63, 3.8) is 0 Å². The van der Waals surface area contributed by atoms with Gasteiger partial charge in [-0.2, -0.15) is 0 Å². The van der Waals surface area contributed by atoms with Gasteiger partial charge < -0.3 is 5.32 Å². The van der Waals surface area contributed by atoms with Crippen molar-refractivity contribution in [1.29, 1.82) is 0 Å². The molecule has 2 rings (SSSR count). The van der Waals surface area contributed by atoms with Crippen LogP contribution in [0, 0.1) is 5.92 Å². The molecule has 2 N–H and O–H groups in total. The van der Waals surface area contributed by atoms with Gasteiger partial charge in [-0.05, 0) is 44.7 Å². The summed E-state index contributed by atoms with van der Waals surface area (Å²) in [7, 11) is -3.00. The maximum absolute atomic E-state index is 11.6. The third-order valence-corrected chi connectivity index (χ3v) is 4.44. The van der Waals surface area contributed by atoms with Crippen LogP contribution in [0.25, 0.3) is 0 Å². The van der Waals surface area contributed by atoms with Gasteiger partial charge in [0.15, 0.2) is 0 Å². The third-order valence-electron chi connectivity index (χ3n) is 2.84. The molecule has 0 atom stereocenters. The van der Waals surface area contributed by atoms with Gasteiger partial charge in [-0.15, -0.1) is 0 Å². The Morgan fingerprint density at radius 3 is 2.36 bits per heavy atom. The van der Waals surface area contributed by atoms with Gasteiger partial charge in [-0.3, -0.25) is 0 Å². The molecular formula is C9H18N2O2S. The molecule has 82 valence electrons. The van der Waals surface area contributed by atoms with E-state index in [2.05, 4.69) is 10.0 Å². The molecule has 1 aliphatic carbocycles. The standard InChI is InChI=1S/C9H18N2O2S/c12-14(13,7-8-1-2-8)11-9-3-5-10-6-4-9/h8-11H,1-7H2. The molecule has 0 aromatic heterocycles. The SMILES string of the molecule is O=S(=O)(CC1CC1)NC1CCNCC1. The Bertz CT molecular complexity index is 279. The van der Waals surface area contributed by atoms with Crippen LogP contribution >= 0.6 is 0 Å². The first-order chi connectivity index (χ1) is 6.66. The van der Waals surface area contributed by atoms with Crippen LogP contribution in [0.4, 0.5) is 0 Å². The van der Waals surface area contributed by atoms with Crippen LogP contribution in [-0.2, 0) is 10.0 Å². The van der Waals surface area contributed by atoms with E-state index in [1.54, 1.807) is 0 Å². The Balaban J connectivity index is 1.81. The van der Waals surface area contributed by atoms with Crippen molar-refractivity contribution in [2.75, 3.05) is 18.8 Å². The number of sulfonamides is 1. The van der Waals surface area contributed by atoms with E-state index in [0.717, 1.165) is 38.8 Å². The Morgan fingerprint density at radius 1 is 1.14 bits per heavy atom. The third kappa shape index (κ3) is 3.22. The fourth-order valence-corrected chi connectivity index (χ4v) is 3.63. The zero-order valence-electron chi connectivity index (χ0n) is 8.33. The summed E-state index contributed by atoms with van der Waals surface area (Å²) in [6.45, 7) is 1.85. The molecule has 2 fully saturated rings. The van der Waals surface area contributed by atoms with Gasteiger partial charge in [0, 0.05) is 6.04 Å². The fraction of sp³-hybridized carbons (Fsp3) is 1.00. The second-order valence-corrected chi connectivity index (χ2v) is 6.17. The van der Waals surface area contributed by atoms with E-state index in [0.29, 0.717) is 11.7 Å². The second-order valence-electron chi connectivity index (χ2n) is 4.37. The minimum absolute atomic E-state index is 0.167. The highest BCUT2D eigenvalue weighted by Crippen LogP contribution is 2.30. The van der Waals surface area contributed by atoms with E-state index in [-0.39, 0.29) is 6.04 Å². The van der Waals surface area contributed by atoms with Gasteiger partial charge in [0.2, 0.25) is 10.0 Å². The normalized spacial score (nSPS) is 25.1. The molecule has 0 aromatic rings. The van der Waals surface area contributed by atoms with Crippen molar-refractivity contribution in [1.82, 2.24) is 10.0 Å². The van der Waals surface area contributed by atoms with Crippen LogP contribution in [0.2, 0.25) is 0 Å². The lowest BCUT2D eigenvalue weighted by Gasteiger charge is -2.23. The van der Waals surface area contributed by atoms with E-state index in [9.17, 15) is 8.42 Å². The highest BCUT2D eigenvalue weighted by atomic mass is 32.2. The van der Waals surface area contributed by atoms with Gasteiger partial charge in [0.25, 0.3) is 0 Å². The summed E-state index contributed by atoms with van der Waals surface area (Å²) >= 11 is 0. The van der Waals surface area contributed by atoms with Crippen LogP contribution < -0.4 is 10.0 Å². The number of piperidine rings is 1. The fourth-order valence-electron chi connectivity index (χ4n) is 1.84. The molecule has 1 aliphatic heterocycles. The van der Waals surface area contributed by atoms with Gasteiger partial charge in [0.1, 0.15) is 0 Å². The first kappa shape index (κ1) is 10.4. The molecule has 0 unspecified atom stereocenters. The minimum atomic E-state index is -3.00. The van der Waals surface area contributed by atoms with E-state index in [1.165, 1.54) is 0 Å². The van der Waals surface area contributed by atoms with Gasteiger partial charge in [0.05, 0.1) is 5.75 Å². The molecule has 1 heterocycles. The topological polar surface area (TPSA) is 58.2 Å². The summed E-state index contributed by atoms with van der Waals surface area (Å²) in [5, 5.41) is 3.22. The maximum Gasteiger partial charge on any atom is 0.212 e. The lowest BCUT2D eigenvalue weighted by atomic mass is 10.1. The summed E-state index contributed by atoms with van der Waals surface area (Å²) in [6.07, 6.45) is 4.02. The molecule has 0 radical (unpaired) electrons. The zero-order chi connectivity index (χ0) is 10.0. The lowest BCUT2D eigenvalue weighted by Crippen LogP contribution is -2.43. The van der Waals surface area contributed by atoms with Crippen LogP contribution in [0.3, 0.4) is 0 Å². The van der Waals surface area contributed by atoms with Gasteiger partial charge in [-0.1, -0.05) is 0 Å². The highest BCUT2D eigenvalue weighted by molar-refractivity contribution is 7.89. The Labute approximate surface area is 85.5 Å². The molecule has 2 aliphatic rings. The van der Waals surface area contributed by atoms with E-state index in [4.69, 9.17) is 0 Å². The number of nitrogens with one attached hydrogen (secondary N) is 2. The number of hydrogen-bond donors (Lipinski definition) is 2. The van der Waals surface area contributed by atoms with Crippen molar-refractivity contribution in [3.8, 4) is 0 Å². The van der Waals surface area contributed by atoms with E-state index in [1.807, 2.05) is 0 Å². The smallest absolute Gasteiger partial charge is 0.212 e. The monoisotopic (exact) mass is 218 g/mol. The molecular weight excluding hydrogens is 200 g/mol. The van der Waals surface area contributed by atoms with Crippen molar-refractivity contribution < 1.29 is 8.42 Å².